The van der Waals surface area contributed by atoms with Crippen LogP contribution in [0, 0.1) is 5.92 Å². The molecule has 2 amide bonds. The van der Waals surface area contributed by atoms with Crippen LogP contribution in [-0.2, 0) is 9.59 Å². The van der Waals surface area contributed by atoms with Gasteiger partial charge in [-0.15, -0.1) is 0 Å². The quantitative estimate of drug-likeness (QED) is 0.620. The fourth-order valence-electron chi connectivity index (χ4n) is 1.41. The summed E-state index contributed by atoms with van der Waals surface area (Å²) < 4.78 is 0. The molecule has 0 radical (unpaired) electrons. The summed E-state index contributed by atoms with van der Waals surface area (Å²) in [4.78, 5) is 23.7. The van der Waals surface area contributed by atoms with E-state index in [2.05, 4.69) is 0 Å². The SMILES string of the molecule is CC(C)C(CN)N1C(=O)C=CC1=O. The van der Waals surface area contributed by atoms with E-state index in [-0.39, 0.29) is 23.8 Å². The van der Waals surface area contributed by atoms with Crippen molar-refractivity contribution in [3.8, 4) is 0 Å². The van der Waals surface area contributed by atoms with Gasteiger partial charge < -0.3 is 5.73 Å². The third kappa shape index (κ3) is 1.78. The van der Waals surface area contributed by atoms with Crippen molar-refractivity contribution in [1.29, 1.82) is 0 Å². The van der Waals surface area contributed by atoms with Gasteiger partial charge >= 0.3 is 0 Å². The molecule has 1 aliphatic heterocycles. The van der Waals surface area contributed by atoms with Gasteiger partial charge in [-0.1, -0.05) is 13.8 Å². The lowest BCUT2D eigenvalue weighted by Gasteiger charge is -2.27. The van der Waals surface area contributed by atoms with Crippen molar-refractivity contribution in [2.45, 2.75) is 19.9 Å². The highest BCUT2D eigenvalue weighted by molar-refractivity contribution is 6.13. The van der Waals surface area contributed by atoms with Crippen molar-refractivity contribution in [3.05, 3.63) is 12.2 Å². The van der Waals surface area contributed by atoms with E-state index >= 15 is 0 Å². The van der Waals surface area contributed by atoms with Crippen molar-refractivity contribution in [2.24, 2.45) is 11.7 Å². The van der Waals surface area contributed by atoms with Gasteiger partial charge in [-0.25, -0.2) is 0 Å². The first-order chi connectivity index (χ1) is 6.07. The minimum Gasteiger partial charge on any atom is -0.328 e. The third-order valence-corrected chi connectivity index (χ3v) is 2.19. The Hall–Kier alpha value is -1.16. The Bertz CT molecular complexity index is 240. The number of nitrogens with zero attached hydrogens (tertiary/aromatic N) is 1. The van der Waals surface area contributed by atoms with Gasteiger partial charge in [0.25, 0.3) is 11.8 Å². The lowest BCUT2D eigenvalue weighted by Crippen LogP contribution is -2.47. The fraction of sp³-hybridized carbons (Fsp3) is 0.556. The second-order valence-corrected chi connectivity index (χ2v) is 3.43. The zero-order valence-electron chi connectivity index (χ0n) is 7.86. The zero-order valence-corrected chi connectivity index (χ0v) is 7.86. The van der Waals surface area contributed by atoms with Gasteiger partial charge in [0.1, 0.15) is 0 Å². The molecule has 1 heterocycles. The minimum absolute atomic E-state index is 0.185. The Morgan fingerprint density at radius 1 is 1.31 bits per heavy atom. The monoisotopic (exact) mass is 182 g/mol. The predicted molar refractivity (Wildman–Crippen MR) is 48.7 cm³/mol. The molecular weight excluding hydrogens is 168 g/mol. The summed E-state index contributed by atoms with van der Waals surface area (Å²) in [7, 11) is 0. The van der Waals surface area contributed by atoms with Gasteiger partial charge in [0.05, 0.1) is 6.04 Å². The number of carbonyl (C=O) groups excluding carboxylic acids is 2. The van der Waals surface area contributed by atoms with Crippen molar-refractivity contribution in [1.82, 2.24) is 4.90 Å². The second-order valence-electron chi connectivity index (χ2n) is 3.43. The molecule has 0 saturated heterocycles. The van der Waals surface area contributed by atoms with Gasteiger partial charge in [0.2, 0.25) is 0 Å². The smallest absolute Gasteiger partial charge is 0.253 e. The first-order valence-corrected chi connectivity index (χ1v) is 4.33. The van der Waals surface area contributed by atoms with Crippen molar-refractivity contribution < 1.29 is 9.59 Å². The molecule has 1 unspecified atom stereocenters. The standard InChI is InChI=1S/C9H14N2O2/c1-6(2)7(5-10)11-8(12)3-4-9(11)13/h3-4,6-7H,5,10H2,1-2H3. The molecule has 0 aromatic heterocycles. The van der Waals surface area contributed by atoms with E-state index in [1.54, 1.807) is 0 Å². The van der Waals surface area contributed by atoms with Gasteiger partial charge in [0, 0.05) is 18.7 Å². The maximum absolute atomic E-state index is 11.3. The van der Waals surface area contributed by atoms with E-state index in [0.29, 0.717) is 6.54 Å². The van der Waals surface area contributed by atoms with E-state index in [1.807, 2.05) is 13.8 Å². The molecule has 1 atom stereocenters. The van der Waals surface area contributed by atoms with Crippen molar-refractivity contribution in [3.63, 3.8) is 0 Å². The molecular formula is C9H14N2O2. The Balaban J connectivity index is 2.81. The van der Waals surface area contributed by atoms with Crippen LogP contribution in [0.15, 0.2) is 12.2 Å². The van der Waals surface area contributed by atoms with E-state index < -0.39 is 0 Å². The summed E-state index contributed by atoms with van der Waals surface area (Å²) in [5, 5.41) is 0. The topological polar surface area (TPSA) is 63.4 Å². The van der Waals surface area contributed by atoms with Crippen molar-refractivity contribution >= 4 is 11.8 Å². The Morgan fingerprint density at radius 2 is 1.77 bits per heavy atom. The van der Waals surface area contributed by atoms with Crippen molar-refractivity contribution in [2.75, 3.05) is 6.54 Å². The molecule has 4 heteroatoms. The van der Waals surface area contributed by atoms with E-state index in [1.165, 1.54) is 17.1 Å². The number of rotatable bonds is 3. The first kappa shape index (κ1) is 9.92. The maximum Gasteiger partial charge on any atom is 0.253 e. The molecule has 1 rings (SSSR count). The summed E-state index contributed by atoms with van der Waals surface area (Å²) in [6, 6.07) is -0.185. The summed E-state index contributed by atoms with van der Waals surface area (Å²) >= 11 is 0. The number of nitrogens with two attached hydrogens (primary N) is 1. The number of hydrogen-bond donors (Lipinski definition) is 1. The Morgan fingerprint density at radius 3 is 2.08 bits per heavy atom. The molecule has 0 bridgehead atoms. The molecule has 0 spiro atoms. The molecule has 13 heavy (non-hydrogen) atoms. The Kier molecular flexibility index (Phi) is 2.83. The average Bonchev–Trinajstić information content (AvgIpc) is 2.36. The fourth-order valence-corrected chi connectivity index (χ4v) is 1.41. The molecule has 0 saturated carbocycles. The lowest BCUT2D eigenvalue weighted by atomic mass is 10.0. The van der Waals surface area contributed by atoms with E-state index in [4.69, 9.17) is 5.73 Å². The number of imide groups is 1. The highest BCUT2D eigenvalue weighted by Crippen LogP contribution is 2.14. The van der Waals surface area contributed by atoms with Crippen LogP contribution in [-0.4, -0.2) is 29.3 Å². The summed E-state index contributed by atoms with van der Waals surface area (Å²) in [5.41, 5.74) is 5.50. The summed E-state index contributed by atoms with van der Waals surface area (Å²) in [6.45, 7) is 4.20. The molecule has 0 aromatic rings. The third-order valence-electron chi connectivity index (χ3n) is 2.19. The van der Waals surface area contributed by atoms with E-state index in [0.717, 1.165) is 0 Å². The molecule has 1 aliphatic rings. The van der Waals surface area contributed by atoms with Crippen LogP contribution < -0.4 is 5.73 Å². The molecule has 4 nitrogen and oxygen atoms in total. The summed E-state index contributed by atoms with van der Waals surface area (Å²) in [5.74, 6) is -0.318. The maximum atomic E-state index is 11.3. The normalized spacial score (nSPS) is 18.9. The summed E-state index contributed by atoms with van der Waals surface area (Å²) in [6.07, 6.45) is 2.57. The van der Waals surface area contributed by atoms with Crippen LogP contribution in [0.3, 0.4) is 0 Å². The average molecular weight is 182 g/mol. The minimum atomic E-state index is -0.255. The molecule has 0 fully saturated rings. The number of amides is 2. The molecule has 2 N–H and O–H groups in total. The lowest BCUT2D eigenvalue weighted by molar-refractivity contribution is -0.140. The van der Waals surface area contributed by atoms with Crippen LogP contribution >= 0.6 is 0 Å². The van der Waals surface area contributed by atoms with Crippen LogP contribution in [0.2, 0.25) is 0 Å². The molecule has 0 aliphatic carbocycles. The van der Waals surface area contributed by atoms with Crippen LogP contribution in [0.25, 0.3) is 0 Å². The van der Waals surface area contributed by atoms with Gasteiger partial charge in [-0.2, -0.15) is 0 Å². The van der Waals surface area contributed by atoms with Crippen LogP contribution in [0.1, 0.15) is 13.8 Å². The van der Waals surface area contributed by atoms with Gasteiger partial charge in [-0.3, -0.25) is 14.5 Å². The number of carbonyl (C=O) groups is 2. The highest BCUT2D eigenvalue weighted by atomic mass is 16.2. The molecule has 72 valence electrons. The Labute approximate surface area is 77.4 Å². The first-order valence-electron chi connectivity index (χ1n) is 4.33. The number of hydrogen-bond acceptors (Lipinski definition) is 3. The second kappa shape index (κ2) is 3.70. The molecule has 0 aromatic carbocycles. The van der Waals surface area contributed by atoms with E-state index in [9.17, 15) is 9.59 Å². The zero-order chi connectivity index (χ0) is 10.0. The largest absolute Gasteiger partial charge is 0.328 e. The van der Waals surface area contributed by atoms with Gasteiger partial charge in [0.15, 0.2) is 0 Å². The highest BCUT2D eigenvalue weighted by Gasteiger charge is 2.31. The van der Waals surface area contributed by atoms with Crippen LogP contribution in [0.5, 0.6) is 0 Å². The van der Waals surface area contributed by atoms with Crippen LogP contribution in [0.4, 0.5) is 0 Å². The van der Waals surface area contributed by atoms with Gasteiger partial charge in [-0.05, 0) is 5.92 Å². The predicted octanol–water partition coefficient (Wildman–Crippen LogP) is -0.105.